The lowest BCUT2D eigenvalue weighted by Crippen LogP contribution is -2.44. The number of nitrogens with zero attached hydrogens (tertiary/aromatic N) is 5. The molecule has 2 saturated heterocycles. The highest BCUT2D eigenvalue weighted by atomic mass is 16.5. The number of rotatable bonds is 5. The van der Waals surface area contributed by atoms with Crippen LogP contribution in [-0.2, 0) is 9.53 Å². The van der Waals surface area contributed by atoms with Gasteiger partial charge in [-0.25, -0.2) is 4.98 Å². The third kappa shape index (κ3) is 4.15. The van der Waals surface area contributed by atoms with Gasteiger partial charge >= 0.3 is 0 Å². The zero-order valence-corrected chi connectivity index (χ0v) is 19.6. The van der Waals surface area contributed by atoms with Gasteiger partial charge in [0.25, 0.3) is 0 Å². The minimum Gasteiger partial charge on any atom is -0.377 e. The molecule has 2 aliphatic rings. The molecule has 3 N–H and O–H groups in total. The highest BCUT2D eigenvalue weighted by molar-refractivity contribution is 5.96. The van der Waals surface area contributed by atoms with Crippen LogP contribution in [0.4, 0.5) is 11.5 Å². The van der Waals surface area contributed by atoms with Crippen molar-refractivity contribution < 1.29 is 9.53 Å². The molecule has 0 saturated carbocycles. The number of carbonyl (C=O) groups is 1. The van der Waals surface area contributed by atoms with Gasteiger partial charge < -0.3 is 20.3 Å². The van der Waals surface area contributed by atoms with E-state index in [-0.39, 0.29) is 17.9 Å². The second kappa shape index (κ2) is 9.12. The van der Waals surface area contributed by atoms with Crippen LogP contribution in [0.25, 0.3) is 28.0 Å². The maximum Gasteiger partial charge on any atom is 0.228 e. The van der Waals surface area contributed by atoms with Crippen LogP contribution in [0.1, 0.15) is 13.3 Å². The zero-order chi connectivity index (χ0) is 23.8. The van der Waals surface area contributed by atoms with Crippen LogP contribution in [0.3, 0.4) is 0 Å². The molecule has 1 unspecified atom stereocenters. The minimum atomic E-state index is 0.0282. The number of ether oxygens (including phenoxy) is 1. The lowest BCUT2D eigenvalue weighted by molar-refractivity contribution is -0.119. The monoisotopic (exact) mass is 472 g/mol. The smallest absolute Gasteiger partial charge is 0.228 e. The molecule has 0 aliphatic carbocycles. The number of fused-ring (bicyclic) bond motifs is 1. The second-order valence-electron chi connectivity index (χ2n) is 9.13. The van der Waals surface area contributed by atoms with Crippen LogP contribution in [0, 0.1) is 5.92 Å². The molecule has 6 rings (SSSR count). The van der Waals surface area contributed by atoms with Crippen molar-refractivity contribution in [3.63, 3.8) is 0 Å². The number of morpholine rings is 1. The predicted octanol–water partition coefficient (Wildman–Crippen LogP) is 2.58. The molecule has 1 amide bonds. The first-order valence-electron chi connectivity index (χ1n) is 12.0. The fourth-order valence-corrected chi connectivity index (χ4v) is 4.83. The van der Waals surface area contributed by atoms with E-state index < -0.39 is 0 Å². The van der Waals surface area contributed by atoms with Crippen molar-refractivity contribution in [1.29, 1.82) is 0 Å². The van der Waals surface area contributed by atoms with Gasteiger partial charge in [-0.3, -0.25) is 9.89 Å². The van der Waals surface area contributed by atoms with E-state index in [0.717, 1.165) is 59.7 Å². The third-order valence-corrected chi connectivity index (χ3v) is 6.79. The van der Waals surface area contributed by atoms with E-state index in [1.807, 2.05) is 36.5 Å². The Kier molecular flexibility index (Phi) is 5.67. The Morgan fingerprint density at radius 1 is 1.20 bits per heavy atom. The van der Waals surface area contributed by atoms with Crippen molar-refractivity contribution in [2.45, 2.75) is 19.4 Å². The number of carbonyl (C=O) groups excluding carboxylic acids is 1. The first-order valence-corrected chi connectivity index (χ1v) is 12.0. The zero-order valence-electron chi connectivity index (χ0n) is 19.6. The van der Waals surface area contributed by atoms with Crippen molar-refractivity contribution in [2.75, 3.05) is 43.1 Å². The number of pyridine rings is 1. The van der Waals surface area contributed by atoms with E-state index in [1.165, 1.54) is 0 Å². The van der Waals surface area contributed by atoms with Crippen LogP contribution >= 0.6 is 0 Å². The summed E-state index contributed by atoms with van der Waals surface area (Å²) in [7, 11) is 0. The molecule has 2 atom stereocenters. The van der Waals surface area contributed by atoms with Gasteiger partial charge in [0, 0.05) is 36.4 Å². The maximum atomic E-state index is 12.5. The molecule has 1 aromatic carbocycles. The van der Waals surface area contributed by atoms with Gasteiger partial charge in [0.05, 0.1) is 31.4 Å². The number of aromatic nitrogens is 5. The van der Waals surface area contributed by atoms with E-state index in [0.29, 0.717) is 19.0 Å². The molecular weight excluding hydrogens is 444 g/mol. The Labute approximate surface area is 202 Å². The minimum absolute atomic E-state index is 0.0282. The summed E-state index contributed by atoms with van der Waals surface area (Å²) in [5.41, 5.74) is 3.60. The summed E-state index contributed by atoms with van der Waals surface area (Å²) < 4.78 is 7.40. The van der Waals surface area contributed by atoms with E-state index in [1.54, 1.807) is 10.9 Å². The predicted molar refractivity (Wildman–Crippen MR) is 134 cm³/mol. The van der Waals surface area contributed by atoms with E-state index in [4.69, 9.17) is 9.72 Å². The number of anilines is 2. The Morgan fingerprint density at radius 2 is 2.09 bits per heavy atom. The summed E-state index contributed by atoms with van der Waals surface area (Å²) >= 11 is 0. The summed E-state index contributed by atoms with van der Waals surface area (Å²) in [6.07, 6.45) is 4.48. The van der Waals surface area contributed by atoms with Gasteiger partial charge in [-0.15, -0.1) is 0 Å². The lowest BCUT2D eigenvalue weighted by atomic mass is 10.0. The molecule has 0 radical (unpaired) electrons. The largest absolute Gasteiger partial charge is 0.377 e. The molecule has 2 fully saturated rings. The molecular formula is C25H28N8O2. The van der Waals surface area contributed by atoms with Gasteiger partial charge in [-0.1, -0.05) is 12.1 Å². The first-order chi connectivity index (χ1) is 17.2. The van der Waals surface area contributed by atoms with Gasteiger partial charge in [-0.05, 0) is 49.2 Å². The quantitative estimate of drug-likeness (QED) is 0.409. The molecule has 180 valence electrons. The molecule has 5 heterocycles. The fraction of sp³-hybridized carbons (Fsp3) is 0.360. The van der Waals surface area contributed by atoms with Gasteiger partial charge in [0.1, 0.15) is 5.82 Å². The van der Waals surface area contributed by atoms with Gasteiger partial charge in [0.2, 0.25) is 5.91 Å². The number of aromatic amines is 1. The van der Waals surface area contributed by atoms with E-state index in [2.05, 4.69) is 43.8 Å². The molecule has 0 spiro atoms. The molecule has 35 heavy (non-hydrogen) atoms. The van der Waals surface area contributed by atoms with Crippen LogP contribution in [0.2, 0.25) is 0 Å². The van der Waals surface area contributed by atoms with Crippen LogP contribution in [0.5, 0.6) is 0 Å². The third-order valence-electron chi connectivity index (χ3n) is 6.79. The number of hydrogen-bond donors (Lipinski definition) is 3. The normalized spacial score (nSPS) is 20.4. The maximum absolute atomic E-state index is 12.5. The highest BCUT2D eigenvalue weighted by Crippen LogP contribution is 2.34. The molecule has 2 aliphatic heterocycles. The van der Waals surface area contributed by atoms with Crippen molar-refractivity contribution in [2.24, 2.45) is 5.92 Å². The van der Waals surface area contributed by atoms with Crippen LogP contribution in [0.15, 0.2) is 48.8 Å². The molecule has 10 heteroatoms. The van der Waals surface area contributed by atoms with Crippen molar-refractivity contribution in [3.8, 4) is 16.9 Å². The summed E-state index contributed by atoms with van der Waals surface area (Å²) in [5, 5.41) is 19.0. The SMILES string of the molecule is C[C@@H]1COCCN1c1cc(-c2ccc(NC(=O)C3CCNC3)cc2)c2cnn(-c3cc[nH]n3)c2n1. The summed E-state index contributed by atoms with van der Waals surface area (Å²) in [5.74, 6) is 1.66. The average molecular weight is 473 g/mol. The number of hydrogen-bond acceptors (Lipinski definition) is 7. The lowest BCUT2D eigenvalue weighted by Gasteiger charge is -2.34. The second-order valence-corrected chi connectivity index (χ2v) is 9.13. The summed E-state index contributed by atoms with van der Waals surface area (Å²) in [6, 6.07) is 12.2. The van der Waals surface area contributed by atoms with E-state index in [9.17, 15) is 4.79 Å². The number of amides is 1. The molecule has 4 aromatic rings. The van der Waals surface area contributed by atoms with Crippen molar-refractivity contribution >= 4 is 28.4 Å². The number of nitrogens with one attached hydrogen (secondary N) is 3. The van der Waals surface area contributed by atoms with Crippen LogP contribution < -0.4 is 15.5 Å². The Hall–Kier alpha value is -3.76. The fourth-order valence-electron chi connectivity index (χ4n) is 4.83. The summed E-state index contributed by atoms with van der Waals surface area (Å²) in [6.45, 7) is 5.89. The topological polar surface area (TPSA) is 113 Å². The number of H-pyrrole nitrogens is 1. The molecule has 3 aromatic heterocycles. The van der Waals surface area contributed by atoms with E-state index >= 15 is 0 Å². The van der Waals surface area contributed by atoms with Crippen molar-refractivity contribution in [3.05, 3.63) is 48.8 Å². The standard InChI is InChI=1S/C25H28N8O2/c1-16-15-35-11-10-32(16)23-12-20(21-14-28-33(24(21)30-23)22-7-9-27-31-22)17-2-4-19(5-3-17)29-25(34)18-6-8-26-13-18/h2-5,7,9,12,14,16,18,26H,6,8,10-11,13,15H2,1H3,(H,27,31)(H,29,34)/t16-,18?/m1/s1. The highest BCUT2D eigenvalue weighted by Gasteiger charge is 2.24. The Bertz CT molecular complexity index is 1330. The average Bonchev–Trinajstić information content (AvgIpc) is 3.66. The molecule has 10 nitrogen and oxygen atoms in total. The number of benzene rings is 1. The first kappa shape index (κ1) is 21.8. The van der Waals surface area contributed by atoms with Crippen LogP contribution in [-0.4, -0.2) is 69.8 Å². The van der Waals surface area contributed by atoms with Gasteiger partial charge in [-0.2, -0.15) is 14.9 Å². The summed E-state index contributed by atoms with van der Waals surface area (Å²) in [4.78, 5) is 19.8. The molecule has 0 bridgehead atoms. The Morgan fingerprint density at radius 3 is 2.83 bits per heavy atom. The Balaban J connectivity index is 1.39. The van der Waals surface area contributed by atoms with Gasteiger partial charge in [0.15, 0.2) is 11.5 Å². The van der Waals surface area contributed by atoms with Crippen molar-refractivity contribution in [1.82, 2.24) is 30.3 Å².